The molecule has 1 aromatic heterocycles. The van der Waals surface area contributed by atoms with Crippen LogP contribution < -0.4 is 20.3 Å². The normalized spacial score (nSPS) is 17.3. The van der Waals surface area contributed by atoms with Crippen molar-refractivity contribution in [2.75, 3.05) is 36.2 Å². The monoisotopic (exact) mass is 496 g/mol. The lowest BCUT2D eigenvalue weighted by Crippen LogP contribution is -2.25. The van der Waals surface area contributed by atoms with Crippen LogP contribution in [-0.4, -0.2) is 49.0 Å². The molecule has 1 unspecified atom stereocenters. The van der Waals surface area contributed by atoms with Crippen LogP contribution >= 0.6 is 11.8 Å². The van der Waals surface area contributed by atoms with Crippen LogP contribution in [0.15, 0.2) is 47.4 Å². The molecule has 0 saturated carbocycles. The number of rotatable bonds is 8. The number of cyclic esters (lactones) is 1. The number of benzene rings is 2. The van der Waals surface area contributed by atoms with E-state index >= 15 is 0 Å². The van der Waals surface area contributed by atoms with Gasteiger partial charge in [-0.05, 0) is 55.8 Å². The van der Waals surface area contributed by atoms with Gasteiger partial charge in [-0.1, -0.05) is 0 Å². The van der Waals surface area contributed by atoms with Crippen molar-refractivity contribution in [3.63, 3.8) is 0 Å². The fraction of sp³-hybridized carbons (Fsp3) is 0.320. The predicted octanol–water partition coefficient (Wildman–Crippen LogP) is 4.32. The molecule has 2 aromatic carbocycles. The highest BCUT2D eigenvalue weighted by Gasteiger charge is 2.32. The van der Waals surface area contributed by atoms with Gasteiger partial charge in [-0.3, -0.25) is 9.69 Å². The van der Waals surface area contributed by atoms with Crippen LogP contribution in [0.5, 0.6) is 5.88 Å². The summed E-state index contributed by atoms with van der Waals surface area (Å²) in [6.45, 7) is 1.41. The zero-order valence-corrected chi connectivity index (χ0v) is 20.0. The molecule has 0 spiro atoms. The average molecular weight is 497 g/mol. The maximum Gasteiger partial charge on any atom is 0.414 e. The number of hydrogen-bond acceptors (Lipinski definition) is 7. The van der Waals surface area contributed by atoms with Gasteiger partial charge >= 0.3 is 6.09 Å². The van der Waals surface area contributed by atoms with Gasteiger partial charge in [0.2, 0.25) is 11.8 Å². The lowest BCUT2D eigenvalue weighted by Gasteiger charge is -2.20. The van der Waals surface area contributed by atoms with E-state index in [0.29, 0.717) is 54.5 Å². The second-order valence-corrected chi connectivity index (χ2v) is 9.42. The molecule has 8 nitrogen and oxygen atoms in total. The van der Waals surface area contributed by atoms with Crippen LogP contribution in [0.2, 0.25) is 0 Å². The first-order valence-corrected chi connectivity index (χ1v) is 12.4. The zero-order chi connectivity index (χ0) is 24.4. The minimum Gasteiger partial charge on any atom is -0.481 e. The van der Waals surface area contributed by atoms with E-state index in [1.165, 1.54) is 24.9 Å². The van der Waals surface area contributed by atoms with Crippen molar-refractivity contribution in [3.05, 3.63) is 53.8 Å². The summed E-state index contributed by atoms with van der Waals surface area (Å²) in [5, 5.41) is 6.97. The zero-order valence-electron chi connectivity index (χ0n) is 19.2. The molecule has 0 bridgehead atoms. The topological polar surface area (TPSA) is 92.8 Å². The van der Waals surface area contributed by atoms with Crippen molar-refractivity contribution in [1.29, 1.82) is 0 Å². The van der Waals surface area contributed by atoms with Gasteiger partial charge in [0.05, 0.1) is 30.6 Å². The number of thioether (sulfide) groups is 1. The Bertz CT molecular complexity index is 1290. The second kappa shape index (κ2) is 10.1. The number of methoxy groups -OCH3 is 1. The number of carbonyl (C=O) groups excluding carboxylic acids is 2. The molecule has 35 heavy (non-hydrogen) atoms. The number of ether oxygens (including phenoxy) is 2. The van der Waals surface area contributed by atoms with Crippen LogP contribution in [0, 0.1) is 5.82 Å². The second-order valence-electron chi connectivity index (χ2n) is 8.40. The largest absolute Gasteiger partial charge is 0.481 e. The standard InChI is InChI=1S/C25H25FN4O4S/c1-33-23-9-5-15-4-7-19(26)18(24(15)29-23)12-27-10-2-3-17-13-30(25(32)34-17)16-6-8-21-20(11-16)28-22(31)14-35-21/h4-9,11,17,27H,2-3,10,12-14H2,1H3,(H,28,31). The van der Waals surface area contributed by atoms with E-state index in [4.69, 9.17) is 9.47 Å². The number of amides is 2. The number of carbonyl (C=O) groups is 2. The van der Waals surface area contributed by atoms with Crippen LogP contribution in [-0.2, 0) is 16.1 Å². The van der Waals surface area contributed by atoms with E-state index in [2.05, 4.69) is 15.6 Å². The van der Waals surface area contributed by atoms with Gasteiger partial charge in [0, 0.05) is 34.1 Å². The number of aromatic nitrogens is 1. The van der Waals surface area contributed by atoms with Crippen molar-refractivity contribution < 1.29 is 23.5 Å². The molecule has 3 aromatic rings. The van der Waals surface area contributed by atoms with E-state index in [1.807, 2.05) is 24.3 Å². The molecular weight excluding hydrogens is 471 g/mol. The maximum atomic E-state index is 14.5. The van der Waals surface area contributed by atoms with E-state index < -0.39 is 6.09 Å². The summed E-state index contributed by atoms with van der Waals surface area (Å²) in [6, 6.07) is 12.4. The lowest BCUT2D eigenvalue weighted by atomic mass is 10.1. The maximum absolute atomic E-state index is 14.5. The summed E-state index contributed by atoms with van der Waals surface area (Å²) in [7, 11) is 1.53. The SMILES string of the molecule is COc1ccc2ccc(F)c(CNCCCC3CN(c4ccc5c(c4)NC(=O)CS5)C(=O)O3)c2n1. The Kier molecular flexibility index (Phi) is 6.74. The summed E-state index contributed by atoms with van der Waals surface area (Å²) in [6.07, 6.45) is 0.808. The summed E-state index contributed by atoms with van der Waals surface area (Å²) in [5.41, 5.74) is 2.50. The number of nitrogens with zero attached hydrogens (tertiary/aromatic N) is 2. The number of halogens is 1. The molecule has 2 amide bonds. The molecule has 5 rings (SSSR count). The lowest BCUT2D eigenvalue weighted by molar-refractivity contribution is -0.113. The fourth-order valence-electron chi connectivity index (χ4n) is 4.28. The number of hydrogen-bond donors (Lipinski definition) is 2. The van der Waals surface area contributed by atoms with Crippen molar-refractivity contribution in [2.45, 2.75) is 30.4 Å². The summed E-state index contributed by atoms with van der Waals surface area (Å²) < 4.78 is 25.2. The highest BCUT2D eigenvalue weighted by molar-refractivity contribution is 8.00. The first kappa shape index (κ1) is 23.4. The minimum atomic E-state index is -0.393. The third kappa shape index (κ3) is 5.03. The van der Waals surface area contributed by atoms with Crippen LogP contribution in [0.3, 0.4) is 0 Å². The van der Waals surface area contributed by atoms with Crippen LogP contribution in [0.25, 0.3) is 10.9 Å². The van der Waals surface area contributed by atoms with Crippen LogP contribution in [0.1, 0.15) is 18.4 Å². The van der Waals surface area contributed by atoms with E-state index in [-0.39, 0.29) is 17.8 Å². The molecule has 10 heteroatoms. The number of fused-ring (bicyclic) bond motifs is 2. The van der Waals surface area contributed by atoms with Gasteiger partial charge in [0.1, 0.15) is 11.9 Å². The van der Waals surface area contributed by atoms with E-state index in [0.717, 1.165) is 22.4 Å². The van der Waals surface area contributed by atoms with Crippen molar-refractivity contribution >= 4 is 46.0 Å². The van der Waals surface area contributed by atoms with Gasteiger partial charge in [0.15, 0.2) is 0 Å². The molecule has 182 valence electrons. The first-order chi connectivity index (χ1) is 17.0. The quantitative estimate of drug-likeness (QED) is 0.449. The number of pyridine rings is 1. The molecule has 1 atom stereocenters. The van der Waals surface area contributed by atoms with Gasteiger partial charge in [-0.2, -0.15) is 0 Å². The molecule has 0 radical (unpaired) electrons. The summed E-state index contributed by atoms with van der Waals surface area (Å²) >= 11 is 1.48. The Balaban J connectivity index is 1.14. The smallest absolute Gasteiger partial charge is 0.414 e. The molecule has 2 N–H and O–H groups in total. The first-order valence-electron chi connectivity index (χ1n) is 11.4. The molecule has 1 saturated heterocycles. The van der Waals surface area contributed by atoms with Crippen LogP contribution in [0.4, 0.5) is 20.6 Å². The average Bonchev–Trinajstić information content (AvgIpc) is 3.24. The molecule has 0 aliphatic carbocycles. The molecule has 1 fully saturated rings. The van der Waals surface area contributed by atoms with Gasteiger partial charge in [0.25, 0.3) is 0 Å². The summed E-state index contributed by atoms with van der Waals surface area (Å²) in [5.74, 6) is 0.474. The van der Waals surface area contributed by atoms with E-state index in [9.17, 15) is 14.0 Å². The third-order valence-electron chi connectivity index (χ3n) is 6.06. The number of nitrogens with one attached hydrogen (secondary N) is 2. The Morgan fingerprint density at radius 3 is 2.97 bits per heavy atom. The highest BCUT2D eigenvalue weighted by atomic mass is 32.2. The number of anilines is 2. The van der Waals surface area contributed by atoms with Crippen molar-refractivity contribution in [2.24, 2.45) is 0 Å². The van der Waals surface area contributed by atoms with Gasteiger partial charge in [-0.25, -0.2) is 14.2 Å². The molecule has 2 aliphatic heterocycles. The predicted molar refractivity (Wildman–Crippen MR) is 133 cm³/mol. The fourth-order valence-corrected chi connectivity index (χ4v) is 5.06. The third-order valence-corrected chi connectivity index (χ3v) is 7.13. The minimum absolute atomic E-state index is 0.0488. The Hall–Kier alpha value is -3.37. The van der Waals surface area contributed by atoms with Gasteiger partial charge < -0.3 is 20.1 Å². The Morgan fingerprint density at radius 1 is 1.26 bits per heavy atom. The Morgan fingerprint density at radius 2 is 2.11 bits per heavy atom. The van der Waals surface area contributed by atoms with Crippen molar-refractivity contribution in [3.8, 4) is 5.88 Å². The Labute approximate surface area is 206 Å². The highest BCUT2D eigenvalue weighted by Crippen LogP contribution is 2.35. The summed E-state index contributed by atoms with van der Waals surface area (Å²) in [4.78, 5) is 31.1. The molecule has 2 aliphatic rings. The van der Waals surface area contributed by atoms with Gasteiger partial charge in [-0.15, -0.1) is 11.8 Å². The molecule has 3 heterocycles. The van der Waals surface area contributed by atoms with E-state index in [1.54, 1.807) is 17.0 Å². The van der Waals surface area contributed by atoms with Crippen molar-refractivity contribution in [1.82, 2.24) is 10.3 Å². The molecular formula is C25H25FN4O4S.